The minimum Gasteiger partial charge on any atom is -0.381 e. The second-order valence-electron chi connectivity index (χ2n) is 7.77. The molecule has 0 aromatic rings. The second kappa shape index (κ2) is 11.0. The number of amides is 1. The van der Waals surface area contributed by atoms with Gasteiger partial charge in [-0.1, -0.05) is 48.1 Å². The molecule has 0 aromatic carbocycles. The lowest BCUT2D eigenvalue weighted by Gasteiger charge is -2.17. The van der Waals surface area contributed by atoms with Crippen LogP contribution in [-0.4, -0.2) is 42.7 Å². The third kappa shape index (κ3) is 6.60. The number of nitrogens with zero attached hydrogens (tertiary/aromatic N) is 1. The maximum Gasteiger partial charge on any atom is 0.252 e. The van der Waals surface area contributed by atoms with E-state index in [1.807, 2.05) is 12.2 Å². The number of rotatable bonds is 5. The fourth-order valence-corrected chi connectivity index (χ4v) is 3.73. The number of ether oxygens (including phenoxy) is 1. The van der Waals surface area contributed by atoms with Crippen LogP contribution in [0.4, 0.5) is 0 Å². The van der Waals surface area contributed by atoms with Crippen molar-refractivity contribution in [2.75, 3.05) is 13.7 Å². The van der Waals surface area contributed by atoms with Crippen LogP contribution in [0, 0.1) is 5.92 Å². The Morgan fingerprint density at radius 2 is 2.16 bits per heavy atom. The molecule has 1 amide bonds. The fourth-order valence-electron chi connectivity index (χ4n) is 3.52. The number of aliphatic imine (C=N–C) groups is 1. The maximum absolute atomic E-state index is 12.2. The van der Waals surface area contributed by atoms with Crippen LogP contribution in [0.3, 0.4) is 0 Å². The van der Waals surface area contributed by atoms with E-state index < -0.39 is 0 Å². The van der Waals surface area contributed by atoms with E-state index in [9.17, 15) is 4.79 Å². The molecule has 0 aromatic heterocycles. The molecule has 2 aliphatic carbocycles. The first-order valence-corrected chi connectivity index (χ1v) is 10.9. The third-order valence-corrected chi connectivity index (χ3v) is 5.44. The zero-order valence-electron chi connectivity index (χ0n) is 18.2. The monoisotopic (exact) mass is 438 g/mol. The molecule has 1 heterocycles. The molecule has 0 radical (unpaired) electrons. The molecule has 164 valence electrons. The summed E-state index contributed by atoms with van der Waals surface area (Å²) in [5.74, 6) is 0.687. The minimum absolute atomic E-state index is 0.00929. The predicted molar refractivity (Wildman–Crippen MR) is 130 cm³/mol. The van der Waals surface area contributed by atoms with Gasteiger partial charge in [0.05, 0.1) is 24.6 Å². The van der Waals surface area contributed by atoms with E-state index in [0.29, 0.717) is 12.2 Å². The van der Waals surface area contributed by atoms with Crippen molar-refractivity contribution in [3.8, 4) is 0 Å². The van der Waals surface area contributed by atoms with Crippen molar-refractivity contribution in [1.29, 1.82) is 0 Å². The van der Waals surface area contributed by atoms with Gasteiger partial charge in [-0.3, -0.25) is 15.1 Å². The number of thiocarbonyl (C=S) groups is 1. The second-order valence-corrected chi connectivity index (χ2v) is 8.18. The smallest absolute Gasteiger partial charge is 0.252 e. The van der Waals surface area contributed by atoms with Gasteiger partial charge in [0, 0.05) is 18.4 Å². The SMILES string of the molecule is COC/C=C(\C)C(=O)NC(=S)NC1=CC(C2=NC3/C=C\CC=CCC3N2)C=C(C)C=C1. The summed E-state index contributed by atoms with van der Waals surface area (Å²) in [6, 6.07) is 0.427. The van der Waals surface area contributed by atoms with Gasteiger partial charge < -0.3 is 15.4 Å². The Labute approximate surface area is 189 Å². The molecule has 0 bridgehead atoms. The number of fused-ring (bicyclic) bond motifs is 1. The van der Waals surface area contributed by atoms with Gasteiger partial charge in [0.1, 0.15) is 5.84 Å². The minimum atomic E-state index is -0.253. The number of carbonyl (C=O) groups excluding carboxylic acids is 1. The molecule has 0 spiro atoms. The number of carbonyl (C=O) groups is 1. The summed E-state index contributed by atoms with van der Waals surface area (Å²) in [5.41, 5.74) is 2.50. The number of allylic oxidation sites excluding steroid dienone is 5. The van der Waals surface area contributed by atoms with Gasteiger partial charge in [0.25, 0.3) is 5.91 Å². The zero-order chi connectivity index (χ0) is 22.2. The molecule has 3 atom stereocenters. The van der Waals surface area contributed by atoms with E-state index >= 15 is 0 Å². The van der Waals surface area contributed by atoms with E-state index in [0.717, 1.165) is 29.9 Å². The molecule has 3 aliphatic rings. The van der Waals surface area contributed by atoms with Crippen molar-refractivity contribution >= 4 is 29.1 Å². The average molecular weight is 439 g/mol. The molecule has 31 heavy (non-hydrogen) atoms. The van der Waals surface area contributed by atoms with Crippen molar-refractivity contribution < 1.29 is 9.53 Å². The first-order chi connectivity index (χ1) is 15.0. The third-order valence-electron chi connectivity index (χ3n) is 5.24. The van der Waals surface area contributed by atoms with Crippen LogP contribution in [0.25, 0.3) is 0 Å². The first-order valence-electron chi connectivity index (χ1n) is 10.5. The molecule has 0 fully saturated rings. The van der Waals surface area contributed by atoms with Crippen molar-refractivity contribution in [2.45, 2.75) is 38.8 Å². The number of methoxy groups -OCH3 is 1. The van der Waals surface area contributed by atoms with E-state index in [4.69, 9.17) is 21.9 Å². The molecular weight excluding hydrogens is 408 g/mol. The van der Waals surface area contributed by atoms with Gasteiger partial charge >= 0.3 is 0 Å². The normalized spacial score (nSPS) is 26.2. The molecule has 6 nitrogen and oxygen atoms in total. The molecule has 0 saturated carbocycles. The molecule has 0 saturated heterocycles. The van der Waals surface area contributed by atoms with Crippen LogP contribution in [0.15, 0.2) is 76.5 Å². The van der Waals surface area contributed by atoms with Crippen molar-refractivity contribution in [2.24, 2.45) is 10.9 Å². The highest BCUT2D eigenvalue weighted by Crippen LogP contribution is 2.22. The van der Waals surface area contributed by atoms with Gasteiger partial charge in [-0.15, -0.1) is 0 Å². The summed E-state index contributed by atoms with van der Waals surface area (Å²) in [4.78, 5) is 17.2. The molecule has 7 heteroatoms. The quantitative estimate of drug-likeness (QED) is 0.349. The molecule has 3 rings (SSSR count). The Balaban J connectivity index is 1.70. The Bertz CT molecular complexity index is 924. The van der Waals surface area contributed by atoms with Gasteiger partial charge in [0.15, 0.2) is 5.11 Å². The topological polar surface area (TPSA) is 74.8 Å². The molecule has 1 aliphatic heterocycles. The molecule has 3 N–H and O–H groups in total. The fraction of sp³-hybridized carbons (Fsp3) is 0.375. The molecular formula is C24H30N4O2S. The summed E-state index contributed by atoms with van der Waals surface area (Å²) >= 11 is 5.35. The van der Waals surface area contributed by atoms with Crippen molar-refractivity contribution in [3.63, 3.8) is 0 Å². The first kappa shape index (κ1) is 22.9. The summed E-state index contributed by atoms with van der Waals surface area (Å²) in [6.07, 6.45) is 20.6. The highest BCUT2D eigenvalue weighted by atomic mass is 32.1. The van der Waals surface area contributed by atoms with Gasteiger partial charge in [0.2, 0.25) is 0 Å². The lowest BCUT2D eigenvalue weighted by molar-refractivity contribution is -0.116. The van der Waals surface area contributed by atoms with E-state index in [2.05, 4.69) is 59.3 Å². The summed E-state index contributed by atoms with van der Waals surface area (Å²) in [6.45, 7) is 4.16. The van der Waals surface area contributed by atoms with Crippen LogP contribution in [0.5, 0.6) is 0 Å². The Kier molecular flexibility index (Phi) is 8.14. The molecule has 3 unspecified atom stereocenters. The van der Waals surface area contributed by atoms with Crippen LogP contribution >= 0.6 is 12.2 Å². The predicted octanol–water partition coefficient (Wildman–Crippen LogP) is 3.23. The van der Waals surface area contributed by atoms with Crippen LogP contribution in [0.1, 0.15) is 26.7 Å². The zero-order valence-corrected chi connectivity index (χ0v) is 19.0. The lowest BCUT2D eigenvalue weighted by Crippen LogP contribution is -2.39. The van der Waals surface area contributed by atoms with Crippen LogP contribution < -0.4 is 16.0 Å². The standard InChI is InChI=1S/C24H30N4O2S/c1-16-10-11-19(25-24(31)28-23(29)17(2)12-13-30-3)15-18(14-16)22-26-20-8-6-4-5-7-9-21(20)27-22/h4,6-7,9-12,14-15,18,20-21H,5,8,13H2,1-3H3,(H,26,27)(H2,25,28,29,31)/b6-4?,9-7-,17-12+. The van der Waals surface area contributed by atoms with E-state index in [-0.39, 0.29) is 29.0 Å². The van der Waals surface area contributed by atoms with Gasteiger partial charge in [-0.05, 0) is 51.1 Å². The summed E-state index contributed by atoms with van der Waals surface area (Å²) in [7, 11) is 1.58. The van der Waals surface area contributed by atoms with Crippen molar-refractivity contribution in [3.05, 3.63) is 71.5 Å². The van der Waals surface area contributed by atoms with Gasteiger partial charge in [-0.2, -0.15) is 0 Å². The number of amidine groups is 1. The van der Waals surface area contributed by atoms with Crippen LogP contribution in [0.2, 0.25) is 0 Å². The highest BCUT2D eigenvalue weighted by molar-refractivity contribution is 7.80. The Morgan fingerprint density at radius 1 is 1.32 bits per heavy atom. The summed E-state index contributed by atoms with van der Waals surface area (Å²) in [5, 5.41) is 9.69. The Hall–Kier alpha value is -2.77. The van der Waals surface area contributed by atoms with E-state index in [1.54, 1.807) is 20.1 Å². The maximum atomic E-state index is 12.2. The van der Waals surface area contributed by atoms with Crippen molar-refractivity contribution in [1.82, 2.24) is 16.0 Å². The number of hydrogen-bond donors (Lipinski definition) is 3. The number of hydrogen-bond acceptors (Lipinski definition) is 5. The van der Waals surface area contributed by atoms with E-state index in [1.165, 1.54) is 0 Å². The summed E-state index contributed by atoms with van der Waals surface area (Å²) < 4.78 is 4.97. The largest absolute Gasteiger partial charge is 0.381 e. The Morgan fingerprint density at radius 3 is 2.97 bits per heavy atom. The number of nitrogens with one attached hydrogen (secondary N) is 3. The van der Waals surface area contributed by atoms with Gasteiger partial charge in [-0.25, -0.2) is 0 Å². The average Bonchev–Trinajstić information content (AvgIpc) is 3.01. The van der Waals surface area contributed by atoms with Crippen LogP contribution in [-0.2, 0) is 9.53 Å². The lowest BCUT2D eigenvalue weighted by atomic mass is 10.0. The highest BCUT2D eigenvalue weighted by Gasteiger charge is 2.29.